The van der Waals surface area contributed by atoms with Gasteiger partial charge in [0, 0.05) is 11.0 Å². The van der Waals surface area contributed by atoms with E-state index in [9.17, 15) is 4.79 Å². The zero-order chi connectivity index (χ0) is 17.6. The van der Waals surface area contributed by atoms with Crippen LogP contribution in [0.15, 0.2) is 71.3 Å². The van der Waals surface area contributed by atoms with Gasteiger partial charge in [0.1, 0.15) is 5.82 Å². The van der Waals surface area contributed by atoms with Crippen LogP contribution >= 0.6 is 15.9 Å². The lowest BCUT2D eigenvalue weighted by molar-refractivity contribution is 0.102. The molecule has 0 unspecified atom stereocenters. The minimum Gasteiger partial charge on any atom is -0.366 e. The summed E-state index contributed by atoms with van der Waals surface area (Å²) >= 11 is 3.38. The predicted molar refractivity (Wildman–Crippen MR) is 105 cm³/mol. The van der Waals surface area contributed by atoms with Gasteiger partial charge in [-0.3, -0.25) is 4.79 Å². The van der Waals surface area contributed by atoms with Crippen molar-refractivity contribution >= 4 is 33.3 Å². The number of hydrogen-bond donors (Lipinski definition) is 2. The maximum Gasteiger partial charge on any atom is 0.256 e. The summed E-state index contributed by atoms with van der Waals surface area (Å²) in [7, 11) is 0. The van der Waals surface area contributed by atoms with Crippen LogP contribution in [-0.4, -0.2) is 10.9 Å². The Kier molecular flexibility index (Phi) is 5.46. The van der Waals surface area contributed by atoms with Gasteiger partial charge in [-0.2, -0.15) is 0 Å². The quantitative estimate of drug-likeness (QED) is 0.637. The number of halogens is 1. The van der Waals surface area contributed by atoms with Crippen LogP contribution in [0.2, 0.25) is 0 Å². The molecule has 0 aliphatic carbocycles. The second kappa shape index (κ2) is 7.94. The van der Waals surface area contributed by atoms with Crippen LogP contribution in [0.1, 0.15) is 21.5 Å². The molecule has 1 heterocycles. The number of nitrogens with one attached hydrogen (secondary N) is 2. The van der Waals surface area contributed by atoms with E-state index in [2.05, 4.69) is 50.6 Å². The molecule has 1 aromatic heterocycles. The van der Waals surface area contributed by atoms with Crippen molar-refractivity contribution in [3.8, 4) is 0 Å². The van der Waals surface area contributed by atoms with Gasteiger partial charge in [-0.1, -0.05) is 36.4 Å². The number of carbonyl (C=O) groups excluding carboxylic acids is 1. The summed E-state index contributed by atoms with van der Waals surface area (Å²) in [6.45, 7) is 2.80. The highest BCUT2D eigenvalue weighted by Crippen LogP contribution is 2.18. The van der Waals surface area contributed by atoms with Crippen LogP contribution in [-0.2, 0) is 6.54 Å². The highest BCUT2D eigenvalue weighted by Gasteiger charge is 2.09. The smallest absolute Gasteiger partial charge is 0.256 e. The number of rotatable bonds is 5. The third-order valence-corrected chi connectivity index (χ3v) is 4.55. The Morgan fingerprint density at radius 1 is 1.04 bits per heavy atom. The predicted octanol–water partition coefficient (Wildman–Crippen LogP) is 5.02. The largest absolute Gasteiger partial charge is 0.366 e. The van der Waals surface area contributed by atoms with E-state index in [4.69, 9.17) is 0 Å². The van der Waals surface area contributed by atoms with Gasteiger partial charge in [-0.15, -0.1) is 0 Å². The van der Waals surface area contributed by atoms with Crippen LogP contribution < -0.4 is 10.6 Å². The highest BCUT2D eigenvalue weighted by atomic mass is 79.9. The summed E-state index contributed by atoms with van der Waals surface area (Å²) in [6.07, 6.45) is 1.65. The van der Waals surface area contributed by atoms with Crippen LogP contribution in [0.5, 0.6) is 0 Å². The molecule has 0 bridgehead atoms. The van der Waals surface area contributed by atoms with E-state index >= 15 is 0 Å². The van der Waals surface area contributed by atoms with Gasteiger partial charge in [0.05, 0.1) is 17.4 Å². The zero-order valence-electron chi connectivity index (χ0n) is 13.8. The van der Waals surface area contributed by atoms with E-state index in [1.54, 1.807) is 12.3 Å². The fraction of sp³-hybridized carbons (Fsp3) is 0.100. The van der Waals surface area contributed by atoms with Crippen molar-refractivity contribution in [1.29, 1.82) is 0 Å². The number of nitrogens with zero attached hydrogens (tertiary/aromatic N) is 1. The molecule has 0 saturated heterocycles. The highest BCUT2D eigenvalue weighted by molar-refractivity contribution is 9.10. The normalized spacial score (nSPS) is 10.3. The monoisotopic (exact) mass is 395 g/mol. The zero-order valence-corrected chi connectivity index (χ0v) is 15.4. The minimum absolute atomic E-state index is 0.171. The first-order valence-corrected chi connectivity index (χ1v) is 8.73. The summed E-state index contributed by atoms with van der Waals surface area (Å²) in [6, 6.07) is 19.2. The third-order valence-electron chi connectivity index (χ3n) is 3.86. The number of anilines is 2. The number of aromatic nitrogens is 1. The van der Waals surface area contributed by atoms with E-state index in [1.165, 1.54) is 11.1 Å². The van der Waals surface area contributed by atoms with Gasteiger partial charge in [0.15, 0.2) is 0 Å². The van der Waals surface area contributed by atoms with Crippen LogP contribution in [0, 0.1) is 6.92 Å². The molecule has 0 radical (unpaired) electrons. The van der Waals surface area contributed by atoms with Crippen LogP contribution in [0.4, 0.5) is 11.5 Å². The van der Waals surface area contributed by atoms with Gasteiger partial charge in [-0.05, 0) is 58.2 Å². The third kappa shape index (κ3) is 4.45. The molecule has 5 heteroatoms. The Balaban J connectivity index is 1.62. The average molecular weight is 396 g/mol. The van der Waals surface area contributed by atoms with Crippen LogP contribution in [0.25, 0.3) is 0 Å². The van der Waals surface area contributed by atoms with Gasteiger partial charge in [0.2, 0.25) is 0 Å². The number of benzene rings is 2. The first-order chi connectivity index (χ1) is 12.1. The van der Waals surface area contributed by atoms with Crippen molar-refractivity contribution < 1.29 is 4.79 Å². The fourth-order valence-corrected chi connectivity index (χ4v) is 2.88. The molecule has 0 aliphatic heterocycles. The number of aryl methyl sites for hydroxylation is 1. The van der Waals surface area contributed by atoms with E-state index in [0.29, 0.717) is 17.8 Å². The van der Waals surface area contributed by atoms with Gasteiger partial charge in [0.25, 0.3) is 5.91 Å². The van der Waals surface area contributed by atoms with Crippen molar-refractivity contribution in [2.75, 3.05) is 10.6 Å². The molecule has 1 amide bonds. The first kappa shape index (κ1) is 17.2. The van der Waals surface area contributed by atoms with Crippen molar-refractivity contribution in [2.45, 2.75) is 13.5 Å². The molecule has 2 N–H and O–H groups in total. The molecular weight excluding hydrogens is 378 g/mol. The number of amides is 1. The van der Waals surface area contributed by atoms with Crippen molar-refractivity contribution in [3.63, 3.8) is 0 Å². The molecule has 3 aromatic rings. The second-order valence-electron chi connectivity index (χ2n) is 5.65. The summed E-state index contributed by atoms with van der Waals surface area (Å²) < 4.78 is 0.761. The van der Waals surface area contributed by atoms with E-state index in [-0.39, 0.29) is 5.91 Å². The Morgan fingerprint density at radius 2 is 1.80 bits per heavy atom. The maximum atomic E-state index is 12.3. The molecule has 3 rings (SSSR count). The van der Waals surface area contributed by atoms with Gasteiger partial charge < -0.3 is 10.6 Å². The number of pyridine rings is 1. The Morgan fingerprint density at radius 3 is 2.52 bits per heavy atom. The Hall–Kier alpha value is -2.66. The average Bonchev–Trinajstić information content (AvgIpc) is 2.62. The lowest BCUT2D eigenvalue weighted by Crippen LogP contribution is -2.12. The molecule has 0 fully saturated rings. The standard InChI is InChI=1S/C20H18BrN3O/c1-14-6-2-3-7-15(14)12-22-19-11-10-16(13-23-19)24-20(25)17-8-4-5-9-18(17)21/h2-11,13H,12H2,1H3,(H,22,23)(H,24,25). The molecule has 0 spiro atoms. The Labute approximate surface area is 155 Å². The van der Waals surface area contributed by atoms with Gasteiger partial charge in [-0.25, -0.2) is 4.98 Å². The summed E-state index contributed by atoms with van der Waals surface area (Å²) in [5.41, 5.74) is 3.72. The molecular formula is C20H18BrN3O. The first-order valence-electron chi connectivity index (χ1n) is 7.94. The Bertz CT molecular complexity index is 878. The van der Waals surface area contributed by atoms with Gasteiger partial charge >= 0.3 is 0 Å². The molecule has 0 atom stereocenters. The molecule has 25 heavy (non-hydrogen) atoms. The lowest BCUT2D eigenvalue weighted by Gasteiger charge is -2.10. The lowest BCUT2D eigenvalue weighted by atomic mass is 10.1. The topological polar surface area (TPSA) is 54.0 Å². The summed E-state index contributed by atoms with van der Waals surface area (Å²) in [5, 5.41) is 6.14. The maximum absolute atomic E-state index is 12.3. The summed E-state index contributed by atoms with van der Waals surface area (Å²) in [5.74, 6) is 0.594. The van der Waals surface area contributed by atoms with Crippen molar-refractivity contribution in [2.24, 2.45) is 0 Å². The molecule has 4 nitrogen and oxygen atoms in total. The molecule has 0 aliphatic rings. The molecule has 2 aromatic carbocycles. The molecule has 126 valence electrons. The fourth-order valence-electron chi connectivity index (χ4n) is 2.41. The molecule has 0 saturated carbocycles. The minimum atomic E-state index is -0.171. The van der Waals surface area contributed by atoms with Crippen molar-refractivity contribution in [1.82, 2.24) is 4.98 Å². The SMILES string of the molecule is Cc1ccccc1CNc1ccc(NC(=O)c2ccccc2Br)cn1. The number of carbonyl (C=O) groups is 1. The van der Waals surface area contributed by atoms with E-state index in [1.807, 2.05) is 42.5 Å². The van der Waals surface area contributed by atoms with Crippen molar-refractivity contribution in [3.05, 3.63) is 88.0 Å². The summed E-state index contributed by atoms with van der Waals surface area (Å²) in [4.78, 5) is 16.6. The number of hydrogen-bond acceptors (Lipinski definition) is 3. The van der Waals surface area contributed by atoms with E-state index < -0.39 is 0 Å². The van der Waals surface area contributed by atoms with E-state index in [0.717, 1.165) is 10.3 Å². The van der Waals surface area contributed by atoms with Crippen LogP contribution in [0.3, 0.4) is 0 Å². The second-order valence-corrected chi connectivity index (χ2v) is 6.50.